The molecule has 1 aromatic rings. The first-order valence-corrected chi connectivity index (χ1v) is 4.99. The fourth-order valence-corrected chi connectivity index (χ4v) is 1.17. The molecule has 0 aliphatic rings. The van der Waals surface area contributed by atoms with Crippen LogP contribution in [0.15, 0.2) is 24.3 Å². The third-order valence-corrected chi connectivity index (χ3v) is 2.03. The third-order valence-electron chi connectivity index (χ3n) is 2.03. The summed E-state index contributed by atoms with van der Waals surface area (Å²) in [5, 5.41) is 31.1. The molecule has 0 unspecified atom stereocenters. The van der Waals surface area contributed by atoms with Crippen LogP contribution in [0.3, 0.4) is 0 Å². The molecular formula is C11H13N3O3. The first-order chi connectivity index (χ1) is 8.19. The lowest BCUT2D eigenvalue weighted by Crippen LogP contribution is -2.42. The number of carbonyl (C=O) groups excluding carboxylic acids is 1. The maximum absolute atomic E-state index is 11.4. The number of benzene rings is 1. The number of urea groups is 1. The molecule has 2 amide bonds. The molecule has 1 aromatic carbocycles. The summed E-state index contributed by atoms with van der Waals surface area (Å²) in [5.74, 6) is 0. The van der Waals surface area contributed by atoms with Gasteiger partial charge in [-0.15, -0.1) is 0 Å². The maximum atomic E-state index is 11.4. The van der Waals surface area contributed by atoms with E-state index in [1.807, 2.05) is 6.07 Å². The average molecular weight is 235 g/mol. The highest BCUT2D eigenvalue weighted by atomic mass is 16.3. The highest BCUT2D eigenvalue weighted by molar-refractivity contribution is 5.89. The van der Waals surface area contributed by atoms with E-state index in [4.69, 9.17) is 15.5 Å². The van der Waals surface area contributed by atoms with Crippen molar-refractivity contribution in [2.24, 2.45) is 0 Å². The second-order valence-electron chi connectivity index (χ2n) is 3.35. The molecule has 0 aliphatic heterocycles. The predicted octanol–water partition coefficient (Wildman–Crippen LogP) is 0.0330. The highest BCUT2D eigenvalue weighted by Crippen LogP contribution is 2.09. The van der Waals surface area contributed by atoms with Crippen LogP contribution in [0.1, 0.15) is 5.56 Å². The lowest BCUT2D eigenvalue weighted by molar-refractivity contribution is 0.172. The minimum absolute atomic E-state index is 0.345. The standard InChI is InChI=1S/C11H13N3O3/c12-5-8-2-1-3-9(4-8)13-11(17)14-10(6-15)7-16/h1-4,10,15-16H,6-7H2,(H2,13,14,17). The van der Waals surface area contributed by atoms with E-state index in [1.54, 1.807) is 18.2 Å². The van der Waals surface area contributed by atoms with Crippen molar-refractivity contribution in [2.75, 3.05) is 18.5 Å². The van der Waals surface area contributed by atoms with Crippen LogP contribution < -0.4 is 10.6 Å². The summed E-state index contributed by atoms with van der Waals surface area (Å²) in [6.45, 7) is -0.690. The fraction of sp³-hybridized carbons (Fsp3) is 0.273. The summed E-state index contributed by atoms with van der Waals surface area (Å²) < 4.78 is 0. The van der Waals surface area contributed by atoms with Crippen LogP contribution in [0.4, 0.5) is 10.5 Å². The Kier molecular flexibility index (Phi) is 4.94. The van der Waals surface area contributed by atoms with E-state index in [0.717, 1.165) is 0 Å². The van der Waals surface area contributed by atoms with E-state index in [0.29, 0.717) is 11.3 Å². The molecule has 0 aromatic heterocycles. The molecule has 0 spiro atoms. The van der Waals surface area contributed by atoms with E-state index < -0.39 is 12.1 Å². The van der Waals surface area contributed by atoms with Crippen LogP contribution in [0.5, 0.6) is 0 Å². The lowest BCUT2D eigenvalue weighted by atomic mass is 10.2. The van der Waals surface area contributed by atoms with Gasteiger partial charge in [0.25, 0.3) is 0 Å². The Hall–Kier alpha value is -2.10. The van der Waals surface area contributed by atoms with Gasteiger partial charge in [0.05, 0.1) is 30.9 Å². The summed E-state index contributed by atoms with van der Waals surface area (Å²) >= 11 is 0. The van der Waals surface area contributed by atoms with Gasteiger partial charge in [-0.1, -0.05) is 6.07 Å². The zero-order valence-electron chi connectivity index (χ0n) is 9.05. The van der Waals surface area contributed by atoms with Gasteiger partial charge >= 0.3 is 6.03 Å². The number of rotatable bonds is 4. The van der Waals surface area contributed by atoms with Gasteiger partial charge in [-0.25, -0.2) is 4.79 Å². The minimum Gasteiger partial charge on any atom is -0.394 e. The van der Waals surface area contributed by atoms with Gasteiger partial charge in [0.2, 0.25) is 0 Å². The van der Waals surface area contributed by atoms with Crippen LogP contribution >= 0.6 is 0 Å². The molecule has 0 atom stereocenters. The van der Waals surface area contributed by atoms with E-state index in [-0.39, 0.29) is 13.2 Å². The Morgan fingerprint density at radius 3 is 2.71 bits per heavy atom. The minimum atomic E-state index is -0.700. The molecule has 4 N–H and O–H groups in total. The number of hydrogen-bond acceptors (Lipinski definition) is 4. The molecule has 6 heteroatoms. The Morgan fingerprint density at radius 2 is 2.12 bits per heavy atom. The van der Waals surface area contributed by atoms with Crippen molar-refractivity contribution in [3.8, 4) is 6.07 Å². The van der Waals surface area contributed by atoms with Crippen molar-refractivity contribution in [1.29, 1.82) is 5.26 Å². The van der Waals surface area contributed by atoms with Gasteiger partial charge in [-0.2, -0.15) is 5.26 Å². The third kappa shape index (κ3) is 4.10. The van der Waals surface area contributed by atoms with Gasteiger partial charge in [0.15, 0.2) is 0 Å². The Bertz CT molecular complexity index is 424. The first-order valence-electron chi connectivity index (χ1n) is 4.99. The molecule has 0 bridgehead atoms. The summed E-state index contributed by atoms with van der Waals surface area (Å²) in [7, 11) is 0. The van der Waals surface area contributed by atoms with Gasteiger partial charge in [-0.05, 0) is 18.2 Å². The van der Waals surface area contributed by atoms with E-state index in [1.165, 1.54) is 6.07 Å². The van der Waals surface area contributed by atoms with Crippen LogP contribution in [0.2, 0.25) is 0 Å². The number of nitrogens with one attached hydrogen (secondary N) is 2. The molecule has 1 rings (SSSR count). The van der Waals surface area contributed by atoms with Crippen molar-refractivity contribution in [3.05, 3.63) is 29.8 Å². The first kappa shape index (κ1) is 13.0. The average Bonchev–Trinajstić information content (AvgIpc) is 2.36. The highest BCUT2D eigenvalue weighted by Gasteiger charge is 2.09. The second kappa shape index (κ2) is 6.48. The van der Waals surface area contributed by atoms with Crippen LogP contribution in [-0.4, -0.2) is 35.5 Å². The van der Waals surface area contributed by atoms with E-state index in [9.17, 15) is 4.79 Å². The van der Waals surface area contributed by atoms with Crippen molar-refractivity contribution in [1.82, 2.24) is 5.32 Å². The Labute approximate surface area is 98.5 Å². The number of aliphatic hydroxyl groups is 2. The van der Waals surface area contributed by atoms with Crippen molar-refractivity contribution >= 4 is 11.7 Å². The topological polar surface area (TPSA) is 105 Å². The molecule has 0 radical (unpaired) electrons. The monoisotopic (exact) mass is 235 g/mol. The van der Waals surface area contributed by atoms with Gasteiger partial charge in [-0.3, -0.25) is 0 Å². The largest absolute Gasteiger partial charge is 0.394 e. The summed E-state index contributed by atoms with van der Waals surface area (Å²) in [5.41, 5.74) is 0.903. The summed E-state index contributed by atoms with van der Waals surface area (Å²) in [4.78, 5) is 11.4. The van der Waals surface area contributed by atoms with Crippen LogP contribution in [0, 0.1) is 11.3 Å². The SMILES string of the molecule is N#Cc1cccc(NC(=O)NC(CO)CO)c1. The molecule has 0 fully saturated rings. The number of nitriles is 1. The predicted molar refractivity (Wildman–Crippen MR) is 61.3 cm³/mol. The van der Waals surface area contributed by atoms with Crippen molar-refractivity contribution in [2.45, 2.75) is 6.04 Å². The number of nitrogens with zero attached hydrogens (tertiary/aromatic N) is 1. The second-order valence-corrected chi connectivity index (χ2v) is 3.35. The molecule has 0 saturated heterocycles. The Morgan fingerprint density at radius 1 is 1.41 bits per heavy atom. The number of hydrogen-bond donors (Lipinski definition) is 4. The van der Waals surface area contributed by atoms with Gasteiger partial charge in [0, 0.05) is 5.69 Å². The van der Waals surface area contributed by atoms with Crippen molar-refractivity contribution < 1.29 is 15.0 Å². The lowest BCUT2D eigenvalue weighted by Gasteiger charge is -2.14. The smallest absolute Gasteiger partial charge is 0.319 e. The van der Waals surface area contributed by atoms with Crippen molar-refractivity contribution in [3.63, 3.8) is 0 Å². The summed E-state index contributed by atoms with van der Waals surface area (Å²) in [6.07, 6.45) is 0. The Balaban J connectivity index is 2.59. The molecule has 0 heterocycles. The number of amides is 2. The zero-order valence-corrected chi connectivity index (χ0v) is 9.05. The molecule has 0 aliphatic carbocycles. The van der Waals surface area contributed by atoms with E-state index >= 15 is 0 Å². The van der Waals surface area contributed by atoms with Crippen LogP contribution in [-0.2, 0) is 0 Å². The van der Waals surface area contributed by atoms with Gasteiger partial charge in [0.1, 0.15) is 0 Å². The number of aliphatic hydroxyl groups excluding tert-OH is 2. The molecule has 0 saturated carbocycles. The molecule has 17 heavy (non-hydrogen) atoms. The normalized spacial score (nSPS) is 9.76. The summed E-state index contributed by atoms with van der Waals surface area (Å²) in [6, 6.07) is 7.12. The number of carbonyl (C=O) groups is 1. The van der Waals surface area contributed by atoms with Crippen LogP contribution in [0.25, 0.3) is 0 Å². The quantitative estimate of drug-likeness (QED) is 0.591. The molecule has 90 valence electrons. The zero-order chi connectivity index (χ0) is 12.7. The maximum Gasteiger partial charge on any atom is 0.319 e. The fourth-order valence-electron chi connectivity index (χ4n) is 1.17. The number of anilines is 1. The molecular weight excluding hydrogens is 222 g/mol. The molecule has 6 nitrogen and oxygen atoms in total. The van der Waals surface area contributed by atoms with Gasteiger partial charge < -0.3 is 20.8 Å². The van der Waals surface area contributed by atoms with E-state index in [2.05, 4.69) is 10.6 Å².